The average molecular weight is 265 g/mol. The average Bonchev–Trinajstić information content (AvgIpc) is 2.45. The molecule has 0 aromatic heterocycles. The van der Waals surface area contributed by atoms with Crippen LogP contribution in [0.15, 0.2) is 24.9 Å². The molecular formula is C15H23NO3. The van der Waals surface area contributed by atoms with Crippen molar-refractivity contribution in [1.82, 2.24) is 5.32 Å². The Morgan fingerprint density at radius 3 is 2.11 bits per heavy atom. The molecule has 1 rings (SSSR count). The van der Waals surface area contributed by atoms with Gasteiger partial charge in [0.25, 0.3) is 0 Å². The molecule has 0 aliphatic carbocycles. The van der Waals surface area contributed by atoms with E-state index in [1.54, 1.807) is 27.5 Å². The van der Waals surface area contributed by atoms with E-state index < -0.39 is 0 Å². The maximum atomic E-state index is 5.35. The Bertz CT molecular complexity index is 405. The van der Waals surface area contributed by atoms with Crippen molar-refractivity contribution >= 4 is 0 Å². The van der Waals surface area contributed by atoms with Crippen LogP contribution in [0.4, 0.5) is 0 Å². The van der Waals surface area contributed by atoms with Crippen molar-refractivity contribution < 1.29 is 14.2 Å². The summed E-state index contributed by atoms with van der Waals surface area (Å²) in [6.45, 7) is 5.19. The van der Waals surface area contributed by atoms with Crippen LogP contribution in [-0.4, -0.2) is 34.5 Å². The van der Waals surface area contributed by atoms with E-state index in [9.17, 15) is 0 Å². The number of ether oxygens (including phenoxy) is 3. The summed E-state index contributed by atoms with van der Waals surface area (Å²) in [5.74, 6) is 1.52. The van der Waals surface area contributed by atoms with Gasteiger partial charge < -0.3 is 19.5 Å². The molecule has 0 bridgehead atoms. The topological polar surface area (TPSA) is 39.7 Å². The fraction of sp³-hybridized carbons (Fsp3) is 0.467. The number of benzene rings is 1. The lowest BCUT2D eigenvalue weighted by molar-refractivity contribution is 0.202. The third-order valence-electron chi connectivity index (χ3n) is 2.96. The number of methoxy groups -OCH3 is 3. The van der Waals surface area contributed by atoms with Crippen LogP contribution in [0, 0.1) is 0 Å². The van der Waals surface area contributed by atoms with E-state index in [1.165, 1.54) is 11.1 Å². The van der Waals surface area contributed by atoms with Gasteiger partial charge in [-0.2, -0.15) is 0 Å². The summed E-state index contributed by atoms with van der Waals surface area (Å²) in [5.41, 5.74) is 2.47. The third-order valence-corrected chi connectivity index (χ3v) is 2.96. The summed E-state index contributed by atoms with van der Waals surface area (Å²) in [7, 11) is 5.01. The summed E-state index contributed by atoms with van der Waals surface area (Å²) >= 11 is 0. The molecule has 0 atom stereocenters. The third kappa shape index (κ3) is 4.48. The lowest BCUT2D eigenvalue weighted by atomic mass is 10.0. The van der Waals surface area contributed by atoms with Gasteiger partial charge in [0.05, 0.1) is 20.8 Å². The first-order chi connectivity index (χ1) is 9.26. The van der Waals surface area contributed by atoms with Crippen LogP contribution in [0.25, 0.3) is 0 Å². The maximum Gasteiger partial charge on any atom is 0.161 e. The Morgan fingerprint density at radius 2 is 1.63 bits per heavy atom. The van der Waals surface area contributed by atoms with Gasteiger partial charge >= 0.3 is 0 Å². The summed E-state index contributed by atoms with van der Waals surface area (Å²) in [4.78, 5) is 0. The van der Waals surface area contributed by atoms with Crippen LogP contribution in [0.1, 0.15) is 11.1 Å². The Labute approximate surface area is 115 Å². The summed E-state index contributed by atoms with van der Waals surface area (Å²) < 4.78 is 15.8. The monoisotopic (exact) mass is 265 g/mol. The molecule has 1 aromatic rings. The fourth-order valence-electron chi connectivity index (χ4n) is 1.95. The van der Waals surface area contributed by atoms with E-state index in [0.29, 0.717) is 6.61 Å². The van der Waals surface area contributed by atoms with E-state index in [0.717, 1.165) is 30.9 Å². The molecule has 1 N–H and O–H groups in total. The molecule has 0 radical (unpaired) electrons. The highest BCUT2D eigenvalue weighted by Gasteiger charge is 2.10. The first kappa shape index (κ1) is 15.4. The maximum absolute atomic E-state index is 5.35. The van der Waals surface area contributed by atoms with Crippen molar-refractivity contribution in [1.29, 1.82) is 0 Å². The molecule has 19 heavy (non-hydrogen) atoms. The Kier molecular flexibility index (Phi) is 6.82. The molecule has 0 spiro atoms. The minimum absolute atomic E-state index is 0.692. The van der Waals surface area contributed by atoms with E-state index in [-0.39, 0.29) is 0 Å². The fourth-order valence-corrected chi connectivity index (χ4v) is 1.95. The Hall–Kier alpha value is -1.68. The van der Waals surface area contributed by atoms with Gasteiger partial charge in [0.1, 0.15) is 0 Å². The first-order valence-electron chi connectivity index (χ1n) is 6.33. The van der Waals surface area contributed by atoms with Gasteiger partial charge in [-0.15, -0.1) is 0 Å². The van der Waals surface area contributed by atoms with E-state index in [2.05, 4.69) is 11.9 Å². The van der Waals surface area contributed by atoms with Gasteiger partial charge in [-0.25, -0.2) is 0 Å². The Balaban J connectivity index is 2.97. The molecule has 0 aliphatic heterocycles. The number of hydrogen-bond donors (Lipinski definition) is 1. The summed E-state index contributed by atoms with van der Waals surface area (Å²) in [6, 6.07) is 4.07. The van der Waals surface area contributed by atoms with Crippen molar-refractivity contribution in [3.63, 3.8) is 0 Å². The Morgan fingerprint density at radius 1 is 1.05 bits per heavy atom. The van der Waals surface area contributed by atoms with Crippen molar-refractivity contribution in [3.05, 3.63) is 36.0 Å². The molecule has 0 amide bonds. The molecule has 0 fully saturated rings. The SMILES string of the molecule is C=CNCCc1cc(OC)c(OC)cc1CCOC. The van der Waals surface area contributed by atoms with Crippen LogP contribution in [0.5, 0.6) is 11.5 Å². The second-order valence-electron chi connectivity index (χ2n) is 4.13. The van der Waals surface area contributed by atoms with Crippen LogP contribution < -0.4 is 14.8 Å². The zero-order valence-corrected chi connectivity index (χ0v) is 12.0. The molecule has 0 aliphatic rings. The van der Waals surface area contributed by atoms with Crippen LogP contribution in [0.2, 0.25) is 0 Å². The molecule has 0 saturated heterocycles. The van der Waals surface area contributed by atoms with Gasteiger partial charge in [0, 0.05) is 13.7 Å². The standard InChI is InChI=1S/C15H23NO3/c1-5-16-8-6-12-10-14(18-3)15(19-4)11-13(12)7-9-17-2/h5,10-11,16H,1,6-9H2,2-4H3. The predicted molar refractivity (Wildman–Crippen MR) is 77.0 cm³/mol. The first-order valence-corrected chi connectivity index (χ1v) is 6.33. The second kappa shape index (κ2) is 8.43. The molecule has 0 unspecified atom stereocenters. The molecule has 0 heterocycles. The second-order valence-corrected chi connectivity index (χ2v) is 4.13. The molecule has 4 nitrogen and oxygen atoms in total. The van der Waals surface area contributed by atoms with Crippen molar-refractivity contribution in [2.24, 2.45) is 0 Å². The number of nitrogens with one attached hydrogen (secondary N) is 1. The minimum atomic E-state index is 0.692. The van der Waals surface area contributed by atoms with Crippen LogP contribution >= 0.6 is 0 Å². The van der Waals surface area contributed by atoms with Gasteiger partial charge in [0.15, 0.2) is 11.5 Å². The van der Waals surface area contributed by atoms with Crippen molar-refractivity contribution in [3.8, 4) is 11.5 Å². The van der Waals surface area contributed by atoms with Crippen molar-refractivity contribution in [2.45, 2.75) is 12.8 Å². The number of rotatable bonds is 9. The van der Waals surface area contributed by atoms with Crippen LogP contribution in [-0.2, 0) is 17.6 Å². The van der Waals surface area contributed by atoms with E-state index >= 15 is 0 Å². The van der Waals surface area contributed by atoms with Gasteiger partial charge in [-0.05, 0) is 42.3 Å². The lowest BCUT2D eigenvalue weighted by Gasteiger charge is -2.15. The molecular weight excluding hydrogens is 242 g/mol. The zero-order valence-electron chi connectivity index (χ0n) is 12.0. The smallest absolute Gasteiger partial charge is 0.161 e. The zero-order chi connectivity index (χ0) is 14.1. The normalized spacial score (nSPS) is 10.1. The molecule has 0 saturated carbocycles. The van der Waals surface area contributed by atoms with E-state index in [1.807, 2.05) is 12.1 Å². The van der Waals surface area contributed by atoms with Crippen molar-refractivity contribution in [2.75, 3.05) is 34.5 Å². The summed E-state index contributed by atoms with van der Waals surface area (Å²) in [5, 5.41) is 3.11. The largest absolute Gasteiger partial charge is 0.493 e. The predicted octanol–water partition coefficient (Wildman–Crippen LogP) is 2.17. The number of hydrogen-bond acceptors (Lipinski definition) is 4. The molecule has 106 valence electrons. The molecule has 1 aromatic carbocycles. The van der Waals surface area contributed by atoms with E-state index in [4.69, 9.17) is 14.2 Å². The quantitative estimate of drug-likeness (QED) is 0.695. The molecule has 4 heteroatoms. The van der Waals surface area contributed by atoms with Crippen LogP contribution in [0.3, 0.4) is 0 Å². The highest BCUT2D eigenvalue weighted by molar-refractivity contribution is 5.47. The van der Waals surface area contributed by atoms with Gasteiger partial charge in [-0.3, -0.25) is 0 Å². The van der Waals surface area contributed by atoms with Gasteiger partial charge in [0.2, 0.25) is 0 Å². The summed E-state index contributed by atoms with van der Waals surface area (Å²) in [6.07, 6.45) is 3.47. The van der Waals surface area contributed by atoms with Gasteiger partial charge in [-0.1, -0.05) is 6.58 Å². The highest BCUT2D eigenvalue weighted by Crippen LogP contribution is 2.31. The highest BCUT2D eigenvalue weighted by atomic mass is 16.5. The lowest BCUT2D eigenvalue weighted by Crippen LogP contribution is -2.11. The minimum Gasteiger partial charge on any atom is -0.493 e.